The molecule has 1 heterocycles. The minimum Gasteiger partial charge on any atom is -0.491 e. The average molecular weight is 1140 g/mol. The smallest absolute Gasteiger partial charge is 0.407 e. The quantitative estimate of drug-likeness (QED) is 0.0306. The fourth-order valence-electron chi connectivity index (χ4n) is 8.81. The summed E-state index contributed by atoms with van der Waals surface area (Å²) in [5.41, 5.74) is 9.34. The molecule has 1 aliphatic rings. The molecule has 0 aromatic heterocycles. The second-order valence-electron chi connectivity index (χ2n) is 23.3. The number of amides is 7. The van der Waals surface area contributed by atoms with Crippen LogP contribution in [0.5, 0.6) is 11.5 Å². The lowest BCUT2D eigenvalue weighted by Gasteiger charge is -2.33. The standard InChI is InChI=1S/C62H86N8O12/c1-13-14-16-40-18-21-42(22-19-40)43-23-25-44(26-24-43)54(72)69-49(17-15-30-64-57(75)80-60(3,4)5)56(74)70(12)52-45-27-29-51(79-34-32-66-59(77)82-62(9,10)11)48(37-45)47-36-41(35-46(38-63)68-53(71)39(2)67-55(52)73)20-28-50(47)78-33-31-65-58(76)81-61(6,7)8/h18-29,36-37,39,46,49,52H,13-17,30-35,38,63H2,1-12H3,(H,64,75)(H,65,76)(H,66,77)(H,67,73)(H,68,71)(H,69,72)/t39-,46-,49-,52-/m0/s1. The summed E-state index contributed by atoms with van der Waals surface area (Å²) in [6.45, 7) is 19.6. The molecular weight excluding hydrogens is 1050 g/mol. The van der Waals surface area contributed by atoms with Gasteiger partial charge in [0.2, 0.25) is 17.7 Å². The molecule has 82 heavy (non-hydrogen) atoms. The summed E-state index contributed by atoms with van der Waals surface area (Å²) in [4.78, 5) is 97.4. The molecule has 446 valence electrons. The first-order valence-corrected chi connectivity index (χ1v) is 28.1. The second kappa shape index (κ2) is 29.7. The lowest BCUT2D eigenvalue weighted by molar-refractivity contribution is -0.141. The second-order valence-corrected chi connectivity index (χ2v) is 23.3. The van der Waals surface area contributed by atoms with Crippen molar-refractivity contribution in [2.75, 3.05) is 46.4 Å². The molecule has 20 heteroatoms. The molecule has 0 saturated heterocycles. The third-order valence-corrected chi connectivity index (χ3v) is 12.8. The van der Waals surface area contributed by atoms with Gasteiger partial charge in [0.05, 0.1) is 13.1 Å². The molecule has 0 spiro atoms. The minimum atomic E-state index is -1.45. The van der Waals surface area contributed by atoms with Crippen LogP contribution in [-0.4, -0.2) is 128 Å². The van der Waals surface area contributed by atoms with E-state index in [0.717, 1.165) is 36.0 Å². The summed E-state index contributed by atoms with van der Waals surface area (Å²) in [5, 5.41) is 16.8. The van der Waals surface area contributed by atoms with Gasteiger partial charge in [-0.25, -0.2) is 14.4 Å². The molecule has 4 bridgehead atoms. The third-order valence-electron chi connectivity index (χ3n) is 12.8. The number of nitrogens with two attached hydrogens (primary N) is 1. The van der Waals surface area contributed by atoms with Crippen LogP contribution >= 0.6 is 0 Å². The highest BCUT2D eigenvalue weighted by atomic mass is 16.6. The average Bonchev–Trinajstić information content (AvgIpc) is 2.85. The van der Waals surface area contributed by atoms with E-state index in [1.54, 1.807) is 98.7 Å². The van der Waals surface area contributed by atoms with E-state index in [1.807, 2.05) is 24.3 Å². The molecule has 4 atom stereocenters. The lowest BCUT2D eigenvalue weighted by atomic mass is 9.93. The van der Waals surface area contributed by atoms with Gasteiger partial charge >= 0.3 is 18.3 Å². The van der Waals surface area contributed by atoms with Crippen molar-refractivity contribution in [1.29, 1.82) is 0 Å². The number of hydrogen-bond acceptors (Lipinski definition) is 13. The summed E-state index contributed by atoms with van der Waals surface area (Å²) in [6, 6.07) is 21.3. The van der Waals surface area contributed by atoms with E-state index in [2.05, 4.69) is 63.1 Å². The van der Waals surface area contributed by atoms with E-state index in [1.165, 1.54) is 24.4 Å². The van der Waals surface area contributed by atoms with Crippen LogP contribution in [0.4, 0.5) is 14.4 Å². The molecule has 8 N–H and O–H groups in total. The Bertz CT molecular complexity index is 2820. The number of nitrogens with one attached hydrogen (secondary N) is 6. The van der Waals surface area contributed by atoms with Crippen molar-refractivity contribution in [3.05, 3.63) is 107 Å². The van der Waals surface area contributed by atoms with Crippen LogP contribution in [-0.2, 0) is 41.4 Å². The molecule has 0 saturated carbocycles. The van der Waals surface area contributed by atoms with Crippen molar-refractivity contribution >= 4 is 41.9 Å². The largest absolute Gasteiger partial charge is 0.491 e. The Morgan fingerprint density at radius 2 is 1.17 bits per heavy atom. The Morgan fingerprint density at radius 1 is 0.659 bits per heavy atom. The van der Waals surface area contributed by atoms with Gasteiger partial charge in [-0.3, -0.25) is 19.2 Å². The summed E-state index contributed by atoms with van der Waals surface area (Å²) in [7, 11) is 1.44. The van der Waals surface area contributed by atoms with E-state index >= 15 is 4.79 Å². The fourth-order valence-corrected chi connectivity index (χ4v) is 8.81. The third kappa shape index (κ3) is 20.9. The molecule has 0 unspecified atom stereocenters. The monoisotopic (exact) mass is 1130 g/mol. The number of hydrogen-bond donors (Lipinski definition) is 7. The molecular formula is C62H86N8O12. The summed E-state index contributed by atoms with van der Waals surface area (Å²) < 4.78 is 29.0. The van der Waals surface area contributed by atoms with E-state index < -0.39 is 82.9 Å². The Balaban J connectivity index is 1.58. The number of carbonyl (C=O) groups is 7. The van der Waals surface area contributed by atoms with Crippen LogP contribution in [0.25, 0.3) is 22.3 Å². The number of rotatable bonds is 21. The van der Waals surface area contributed by atoms with Crippen LogP contribution < -0.4 is 47.1 Å². The zero-order valence-corrected chi connectivity index (χ0v) is 49.8. The molecule has 4 aromatic rings. The Kier molecular flexibility index (Phi) is 23.5. The van der Waals surface area contributed by atoms with Crippen LogP contribution in [0.3, 0.4) is 0 Å². The molecule has 20 nitrogen and oxygen atoms in total. The molecule has 1 aliphatic heterocycles. The van der Waals surface area contributed by atoms with Gasteiger partial charge in [0.1, 0.15) is 59.6 Å². The SMILES string of the molecule is CCCCc1ccc(-c2ccc(C(=O)N[C@@H](CCCNC(=O)OC(C)(C)C)C(=O)N(C)[C@@H]3C(=O)N[C@@H](C)C(=O)N[C@H](CN)Cc4ccc(OCCNC(=O)OC(C)(C)C)c(c4)-c4cc3ccc4OCCNC(=O)OC(C)(C)C)cc2)cc1. The number of alkyl carbamates (subject to hydrolysis) is 3. The number of likely N-dealkylation sites (N-methyl/N-ethyl adjacent to an activating group) is 1. The van der Waals surface area contributed by atoms with Crippen molar-refractivity contribution in [2.24, 2.45) is 5.73 Å². The van der Waals surface area contributed by atoms with Crippen molar-refractivity contribution in [2.45, 2.75) is 156 Å². The van der Waals surface area contributed by atoms with Crippen LogP contribution in [0.2, 0.25) is 0 Å². The first-order valence-electron chi connectivity index (χ1n) is 28.1. The summed E-state index contributed by atoms with van der Waals surface area (Å²) >= 11 is 0. The maximum Gasteiger partial charge on any atom is 0.407 e. The highest BCUT2D eigenvalue weighted by Crippen LogP contribution is 2.40. The minimum absolute atomic E-state index is 0.000445. The van der Waals surface area contributed by atoms with Crippen molar-refractivity contribution in [3.8, 4) is 33.8 Å². The fraction of sp³-hybridized carbons (Fsp3) is 0.500. The van der Waals surface area contributed by atoms with Gasteiger partial charge in [0.15, 0.2) is 0 Å². The van der Waals surface area contributed by atoms with E-state index in [0.29, 0.717) is 22.6 Å². The first-order chi connectivity index (χ1) is 38.6. The number of ether oxygens (including phenoxy) is 5. The maximum absolute atomic E-state index is 15.2. The topological polar surface area (TPSA) is 267 Å². The normalized spacial score (nSPS) is 15.9. The zero-order chi connectivity index (χ0) is 60.4. The summed E-state index contributed by atoms with van der Waals surface area (Å²) in [5.74, 6) is -1.82. The first kappa shape index (κ1) is 64.9. The number of carbonyl (C=O) groups excluding carboxylic acids is 7. The Morgan fingerprint density at radius 3 is 1.70 bits per heavy atom. The van der Waals surface area contributed by atoms with Gasteiger partial charge in [-0.05, 0) is 166 Å². The number of unbranched alkanes of at least 4 members (excludes halogenated alkanes) is 1. The molecule has 5 rings (SSSR count). The van der Waals surface area contributed by atoms with Gasteiger partial charge in [-0.15, -0.1) is 0 Å². The highest BCUT2D eigenvalue weighted by molar-refractivity contribution is 5.99. The van der Waals surface area contributed by atoms with Gasteiger partial charge in [0, 0.05) is 42.9 Å². The number of benzene rings is 4. The van der Waals surface area contributed by atoms with Crippen molar-refractivity contribution < 1.29 is 57.2 Å². The summed E-state index contributed by atoms with van der Waals surface area (Å²) in [6.07, 6.45) is 1.77. The van der Waals surface area contributed by atoms with Gasteiger partial charge in [-0.2, -0.15) is 0 Å². The van der Waals surface area contributed by atoms with Crippen LogP contribution in [0, 0.1) is 0 Å². The van der Waals surface area contributed by atoms with Crippen molar-refractivity contribution in [1.82, 2.24) is 36.8 Å². The number of nitrogens with zero attached hydrogens (tertiary/aromatic N) is 1. The molecule has 0 aliphatic carbocycles. The van der Waals surface area contributed by atoms with Gasteiger partial charge < -0.3 is 66.2 Å². The van der Waals surface area contributed by atoms with E-state index in [9.17, 15) is 28.8 Å². The van der Waals surface area contributed by atoms with Crippen molar-refractivity contribution in [3.63, 3.8) is 0 Å². The maximum atomic E-state index is 15.2. The van der Waals surface area contributed by atoms with Gasteiger partial charge in [0.25, 0.3) is 5.91 Å². The number of fused-ring (bicyclic) bond motifs is 5. The molecule has 4 aromatic carbocycles. The van der Waals surface area contributed by atoms with Gasteiger partial charge in [-0.1, -0.05) is 61.9 Å². The molecule has 0 radical (unpaired) electrons. The molecule has 0 fully saturated rings. The molecule has 7 amide bonds. The Labute approximate surface area is 483 Å². The predicted octanol–water partition coefficient (Wildman–Crippen LogP) is 8.28. The zero-order valence-electron chi connectivity index (χ0n) is 49.8. The number of aryl methyl sites for hydroxylation is 1. The van der Waals surface area contributed by atoms with E-state index in [-0.39, 0.29) is 69.8 Å². The van der Waals surface area contributed by atoms with E-state index in [4.69, 9.17) is 29.4 Å². The predicted molar refractivity (Wildman–Crippen MR) is 314 cm³/mol. The van der Waals surface area contributed by atoms with Crippen LogP contribution in [0.1, 0.15) is 135 Å². The Hall–Kier alpha value is -7.87. The van der Waals surface area contributed by atoms with Crippen LogP contribution in [0.15, 0.2) is 84.9 Å². The highest BCUT2D eigenvalue weighted by Gasteiger charge is 2.36. The lowest BCUT2D eigenvalue weighted by Crippen LogP contribution is -2.54.